The third-order valence-electron chi connectivity index (χ3n) is 4.05. The van der Waals surface area contributed by atoms with Crippen molar-refractivity contribution in [2.24, 2.45) is 0 Å². The van der Waals surface area contributed by atoms with E-state index in [1.54, 1.807) is 0 Å². The highest BCUT2D eigenvalue weighted by Crippen LogP contribution is 2.40. The number of carbonyl (C=O) groups excluding carboxylic acids is 3. The van der Waals surface area contributed by atoms with E-state index in [0.29, 0.717) is 10.6 Å². The molecule has 0 bridgehead atoms. The van der Waals surface area contributed by atoms with Gasteiger partial charge in [-0.05, 0) is 31.2 Å². The normalized spacial score (nSPS) is 18.1. The fourth-order valence-electron chi connectivity index (χ4n) is 2.98. The maximum atomic E-state index is 12.3. The minimum Gasteiger partial charge on any atom is -0.465 e. The van der Waals surface area contributed by atoms with Gasteiger partial charge in [0.2, 0.25) is 0 Å². The van der Waals surface area contributed by atoms with Gasteiger partial charge in [0.05, 0.1) is 12.7 Å². The summed E-state index contributed by atoms with van der Waals surface area (Å²) in [6.45, 7) is 0. The van der Waals surface area contributed by atoms with Gasteiger partial charge in [0.1, 0.15) is 5.00 Å². The number of ether oxygens (including phenoxy) is 1. The summed E-state index contributed by atoms with van der Waals surface area (Å²) in [5, 5.41) is 0.416. The number of nitrogens with zero attached hydrogens (tertiary/aromatic N) is 1. The Labute approximate surface area is 132 Å². The zero-order valence-electron chi connectivity index (χ0n) is 12.4. The van der Waals surface area contributed by atoms with Crippen LogP contribution in [0.4, 0.5) is 5.00 Å². The molecule has 6 heteroatoms. The van der Waals surface area contributed by atoms with Crippen molar-refractivity contribution in [3.63, 3.8) is 0 Å². The number of esters is 1. The van der Waals surface area contributed by atoms with E-state index in [-0.39, 0.29) is 0 Å². The molecule has 0 spiro atoms. The zero-order valence-corrected chi connectivity index (χ0v) is 13.2. The van der Waals surface area contributed by atoms with Gasteiger partial charge in [0, 0.05) is 17.0 Å². The number of carbonyl (C=O) groups is 3. The molecular formula is C16H17NO4S. The standard InChI is InChI=1S/C16H17NO4S/c1-21-16(20)14-10-6-4-2-3-5-7-11(10)22-15(14)17-12(18)8-9-13(17)19/h8-9H,2-7H2,1H3. The molecule has 0 fully saturated rings. The molecule has 5 nitrogen and oxygen atoms in total. The molecule has 0 unspecified atom stereocenters. The number of anilines is 1. The van der Waals surface area contributed by atoms with Crippen LogP contribution in [0.15, 0.2) is 12.2 Å². The SMILES string of the molecule is COC(=O)c1c(N2C(=O)C=CC2=O)sc2c1CCCCCC2. The Bertz CT molecular complexity index is 656. The maximum absolute atomic E-state index is 12.3. The minimum atomic E-state index is -0.472. The summed E-state index contributed by atoms with van der Waals surface area (Å²) < 4.78 is 4.90. The molecule has 0 aromatic carbocycles. The highest BCUT2D eigenvalue weighted by molar-refractivity contribution is 7.17. The number of rotatable bonds is 2. The molecule has 0 saturated carbocycles. The number of fused-ring (bicyclic) bond motifs is 1. The van der Waals surface area contributed by atoms with E-state index in [1.165, 1.54) is 37.0 Å². The maximum Gasteiger partial charge on any atom is 0.341 e. The summed E-state index contributed by atoms with van der Waals surface area (Å²) in [5.74, 6) is -1.27. The van der Waals surface area contributed by atoms with Crippen LogP contribution >= 0.6 is 11.3 Å². The van der Waals surface area contributed by atoms with Crippen LogP contribution in [0.25, 0.3) is 0 Å². The first kappa shape index (κ1) is 15.0. The molecule has 1 aliphatic carbocycles. The molecule has 1 aliphatic heterocycles. The van der Waals surface area contributed by atoms with Crippen molar-refractivity contribution < 1.29 is 19.1 Å². The lowest BCUT2D eigenvalue weighted by atomic mass is 9.96. The van der Waals surface area contributed by atoms with Crippen LogP contribution in [-0.4, -0.2) is 24.9 Å². The molecule has 1 aromatic rings. The molecule has 116 valence electrons. The Hall–Kier alpha value is -1.95. The monoisotopic (exact) mass is 319 g/mol. The molecule has 2 aliphatic rings. The van der Waals surface area contributed by atoms with E-state index in [0.717, 1.165) is 47.4 Å². The second-order valence-corrected chi connectivity index (χ2v) is 6.52. The van der Waals surface area contributed by atoms with Crippen LogP contribution in [0.2, 0.25) is 0 Å². The van der Waals surface area contributed by atoms with Crippen LogP contribution in [0.5, 0.6) is 0 Å². The smallest absolute Gasteiger partial charge is 0.341 e. The first-order valence-electron chi connectivity index (χ1n) is 7.42. The van der Waals surface area contributed by atoms with Gasteiger partial charge in [-0.2, -0.15) is 0 Å². The first-order chi connectivity index (χ1) is 10.6. The van der Waals surface area contributed by atoms with Crippen molar-refractivity contribution in [2.45, 2.75) is 38.5 Å². The van der Waals surface area contributed by atoms with Crippen LogP contribution in [0, 0.1) is 0 Å². The van der Waals surface area contributed by atoms with E-state index < -0.39 is 17.8 Å². The Morgan fingerprint density at radius 2 is 1.73 bits per heavy atom. The fourth-order valence-corrected chi connectivity index (χ4v) is 4.36. The lowest BCUT2D eigenvalue weighted by Gasteiger charge is -2.14. The largest absolute Gasteiger partial charge is 0.465 e. The third-order valence-corrected chi connectivity index (χ3v) is 5.33. The quantitative estimate of drug-likeness (QED) is 0.621. The van der Waals surface area contributed by atoms with Gasteiger partial charge in [-0.15, -0.1) is 11.3 Å². The Balaban J connectivity index is 2.12. The number of hydrogen-bond acceptors (Lipinski definition) is 5. The lowest BCUT2D eigenvalue weighted by molar-refractivity contribution is -0.119. The van der Waals surface area contributed by atoms with Crippen molar-refractivity contribution in [1.29, 1.82) is 0 Å². The molecular weight excluding hydrogens is 302 g/mol. The van der Waals surface area contributed by atoms with Gasteiger partial charge < -0.3 is 4.74 Å². The summed E-state index contributed by atoms with van der Waals surface area (Å²) >= 11 is 1.38. The first-order valence-corrected chi connectivity index (χ1v) is 8.24. The molecule has 2 amide bonds. The number of amides is 2. The molecule has 0 saturated heterocycles. The number of methoxy groups -OCH3 is 1. The van der Waals surface area contributed by atoms with Crippen LogP contribution in [-0.2, 0) is 27.2 Å². The van der Waals surface area contributed by atoms with Gasteiger partial charge in [-0.3, -0.25) is 9.59 Å². The highest BCUT2D eigenvalue weighted by Gasteiger charge is 2.34. The average molecular weight is 319 g/mol. The second-order valence-electron chi connectivity index (χ2n) is 5.43. The molecule has 0 N–H and O–H groups in total. The predicted molar refractivity (Wildman–Crippen MR) is 83.2 cm³/mol. The molecule has 2 heterocycles. The Morgan fingerprint density at radius 1 is 1.09 bits per heavy atom. The molecule has 22 heavy (non-hydrogen) atoms. The number of hydrogen-bond donors (Lipinski definition) is 0. The van der Waals surface area contributed by atoms with E-state index in [9.17, 15) is 14.4 Å². The van der Waals surface area contributed by atoms with Crippen molar-refractivity contribution in [1.82, 2.24) is 0 Å². The van der Waals surface area contributed by atoms with Gasteiger partial charge in [0.25, 0.3) is 11.8 Å². The van der Waals surface area contributed by atoms with E-state index >= 15 is 0 Å². The zero-order chi connectivity index (χ0) is 15.7. The summed E-state index contributed by atoms with van der Waals surface area (Å²) in [4.78, 5) is 38.4. The summed E-state index contributed by atoms with van der Waals surface area (Å²) in [6.07, 6.45) is 8.52. The predicted octanol–water partition coefficient (Wildman–Crippen LogP) is 2.62. The topological polar surface area (TPSA) is 63.7 Å². The number of aryl methyl sites for hydroxylation is 1. The average Bonchev–Trinajstić information content (AvgIpc) is 2.98. The third kappa shape index (κ3) is 2.47. The summed E-state index contributed by atoms with van der Waals surface area (Å²) in [5.41, 5.74) is 1.36. The Kier molecular flexibility index (Phi) is 4.11. The molecule has 3 rings (SSSR count). The van der Waals surface area contributed by atoms with Gasteiger partial charge in [-0.1, -0.05) is 12.8 Å². The van der Waals surface area contributed by atoms with Crippen LogP contribution in [0.1, 0.15) is 46.5 Å². The lowest BCUT2D eigenvalue weighted by Crippen LogP contribution is -2.30. The number of thiophene rings is 1. The van der Waals surface area contributed by atoms with Crippen LogP contribution in [0.3, 0.4) is 0 Å². The van der Waals surface area contributed by atoms with Crippen molar-refractivity contribution >= 4 is 34.1 Å². The summed E-state index contributed by atoms with van der Waals surface area (Å²) in [6, 6.07) is 0. The van der Waals surface area contributed by atoms with Crippen molar-refractivity contribution in [2.75, 3.05) is 12.0 Å². The molecule has 0 atom stereocenters. The van der Waals surface area contributed by atoms with Crippen molar-refractivity contribution in [3.8, 4) is 0 Å². The van der Waals surface area contributed by atoms with Gasteiger partial charge >= 0.3 is 5.97 Å². The van der Waals surface area contributed by atoms with Crippen molar-refractivity contribution in [3.05, 3.63) is 28.2 Å². The van der Waals surface area contributed by atoms with Gasteiger partial charge in [-0.25, -0.2) is 9.69 Å². The fraction of sp³-hybridized carbons (Fsp3) is 0.438. The minimum absolute atomic E-state index is 0.398. The molecule has 0 radical (unpaired) electrons. The van der Waals surface area contributed by atoms with E-state index in [4.69, 9.17) is 4.74 Å². The van der Waals surface area contributed by atoms with Gasteiger partial charge in [0.15, 0.2) is 0 Å². The highest BCUT2D eigenvalue weighted by atomic mass is 32.1. The Morgan fingerprint density at radius 3 is 2.36 bits per heavy atom. The van der Waals surface area contributed by atoms with E-state index in [2.05, 4.69) is 0 Å². The second kappa shape index (κ2) is 6.04. The van der Waals surface area contributed by atoms with E-state index in [1.807, 2.05) is 0 Å². The molecule has 1 aromatic heterocycles. The number of imide groups is 1. The summed E-state index contributed by atoms with van der Waals surface area (Å²) in [7, 11) is 1.32. The van der Waals surface area contributed by atoms with Crippen LogP contribution < -0.4 is 4.90 Å².